The Bertz CT molecular complexity index is 484. The van der Waals surface area contributed by atoms with Gasteiger partial charge >= 0.3 is 0 Å². The van der Waals surface area contributed by atoms with E-state index in [0.29, 0.717) is 11.6 Å². The molecule has 0 amide bonds. The van der Waals surface area contributed by atoms with E-state index in [0.717, 1.165) is 8.95 Å². The second-order valence-corrected chi connectivity index (χ2v) is 4.66. The lowest BCUT2D eigenvalue weighted by Gasteiger charge is -2.03. The third-order valence-corrected chi connectivity index (χ3v) is 2.67. The van der Waals surface area contributed by atoms with E-state index in [2.05, 4.69) is 41.9 Å². The fourth-order valence-electron chi connectivity index (χ4n) is 1.04. The summed E-state index contributed by atoms with van der Waals surface area (Å²) in [6, 6.07) is 1.87. The highest BCUT2D eigenvalue weighted by atomic mass is 79.9. The van der Waals surface area contributed by atoms with Crippen LogP contribution in [0, 0.1) is 0 Å². The number of nitrogens with zero attached hydrogens (tertiary/aromatic N) is 3. The molecule has 0 aromatic carbocycles. The highest BCUT2D eigenvalue weighted by Crippen LogP contribution is 2.28. The Kier molecular flexibility index (Phi) is 3.06. The lowest BCUT2D eigenvalue weighted by molar-refractivity contribution is 0.459. The van der Waals surface area contributed by atoms with Crippen molar-refractivity contribution in [2.45, 2.75) is 0 Å². The lowest BCUT2D eigenvalue weighted by Crippen LogP contribution is -1.88. The van der Waals surface area contributed by atoms with Crippen molar-refractivity contribution in [3.63, 3.8) is 0 Å². The molecule has 0 unspecified atom stereocenters. The quantitative estimate of drug-likeness (QED) is 0.848. The summed E-state index contributed by atoms with van der Waals surface area (Å²) in [5.41, 5.74) is 0. The number of aryl methyl sites for hydroxylation is 1. The molecule has 0 saturated heterocycles. The zero-order chi connectivity index (χ0) is 10.8. The number of ether oxygens (including phenoxy) is 1. The second-order valence-electron chi connectivity index (χ2n) is 2.89. The molecule has 2 aromatic heterocycles. The molecule has 2 aromatic rings. The molecule has 78 valence electrons. The van der Waals surface area contributed by atoms with Gasteiger partial charge in [0, 0.05) is 17.7 Å². The maximum atomic E-state index is 5.52. The first-order valence-electron chi connectivity index (χ1n) is 4.13. The normalized spacial score (nSPS) is 10.3. The molecule has 0 atom stereocenters. The molecule has 0 bridgehead atoms. The third kappa shape index (κ3) is 2.57. The maximum absolute atomic E-state index is 5.52. The average Bonchev–Trinajstić information content (AvgIpc) is 2.56. The van der Waals surface area contributed by atoms with Crippen LogP contribution in [-0.4, -0.2) is 14.8 Å². The smallest absolute Gasteiger partial charge is 0.233 e. The Morgan fingerprint density at radius 1 is 1.33 bits per heavy atom. The van der Waals surface area contributed by atoms with E-state index in [-0.39, 0.29) is 0 Å². The molecule has 0 aliphatic rings. The lowest BCUT2D eigenvalue weighted by atomic mass is 10.5. The molecule has 0 aliphatic heterocycles. The van der Waals surface area contributed by atoms with Crippen LogP contribution in [0.3, 0.4) is 0 Å². The Morgan fingerprint density at radius 3 is 2.73 bits per heavy atom. The summed E-state index contributed by atoms with van der Waals surface area (Å²) < 4.78 is 8.88. The first kappa shape index (κ1) is 10.6. The highest BCUT2D eigenvalue weighted by Gasteiger charge is 2.06. The fraction of sp³-hybridized carbons (Fsp3) is 0.111. The van der Waals surface area contributed by atoms with Gasteiger partial charge in [0.15, 0.2) is 5.75 Å². The summed E-state index contributed by atoms with van der Waals surface area (Å²) in [6.45, 7) is 0. The van der Waals surface area contributed by atoms with Crippen molar-refractivity contribution in [3.8, 4) is 11.6 Å². The van der Waals surface area contributed by atoms with E-state index in [1.165, 1.54) is 0 Å². The summed E-state index contributed by atoms with van der Waals surface area (Å²) in [7, 11) is 1.83. The minimum atomic E-state index is 0.520. The zero-order valence-electron chi connectivity index (χ0n) is 7.82. The van der Waals surface area contributed by atoms with Crippen LogP contribution in [-0.2, 0) is 7.05 Å². The fourth-order valence-corrected chi connectivity index (χ4v) is 2.11. The Morgan fingerprint density at radius 2 is 2.13 bits per heavy atom. The minimum Gasteiger partial charge on any atom is -0.435 e. The van der Waals surface area contributed by atoms with E-state index >= 15 is 0 Å². The Balaban J connectivity index is 2.24. The summed E-state index contributed by atoms with van der Waals surface area (Å²) in [5.74, 6) is 1.18. The van der Waals surface area contributed by atoms with Gasteiger partial charge in [0.1, 0.15) is 0 Å². The predicted molar refractivity (Wildman–Crippen MR) is 62.9 cm³/mol. The second kappa shape index (κ2) is 4.32. The molecule has 6 heteroatoms. The number of halogens is 2. The van der Waals surface area contributed by atoms with Crippen LogP contribution < -0.4 is 4.74 Å². The summed E-state index contributed by atoms with van der Waals surface area (Å²) in [4.78, 5) is 4.13. The van der Waals surface area contributed by atoms with Crippen LogP contribution in [0.1, 0.15) is 0 Å². The predicted octanol–water partition coefficient (Wildman–Crippen LogP) is 3.13. The van der Waals surface area contributed by atoms with Crippen LogP contribution in [0.25, 0.3) is 0 Å². The van der Waals surface area contributed by atoms with Gasteiger partial charge in [-0.25, -0.2) is 4.98 Å². The van der Waals surface area contributed by atoms with Crippen LogP contribution in [0.5, 0.6) is 11.6 Å². The first-order valence-corrected chi connectivity index (χ1v) is 5.71. The third-order valence-electron chi connectivity index (χ3n) is 1.67. The van der Waals surface area contributed by atoms with Crippen LogP contribution in [0.4, 0.5) is 0 Å². The van der Waals surface area contributed by atoms with Crippen LogP contribution >= 0.6 is 31.9 Å². The topological polar surface area (TPSA) is 39.9 Å². The van der Waals surface area contributed by atoms with Crippen molar-refractivity contribution < 1.29 is 4.74 Å². The molecule has 2 rings (SSSR count). The Labute approximate surface area is 104 Å². The van der Waals surface area contributed by atoms with E-state index in [1.54, 1.807) is 23.3 Å². The number of pyridine rings is 1. The van der Waals surface area contributed by atoms with Gasteiger partial charge in [0.25, 0.3) is 0 Å². The van der Waals surface area contributed by atoms with Gasteiger partial charge in [-0.3, -0.25) is 4.68 Å². The Hall–Kier alpha value is -0.880. The van der Waals surface area contributed by atoms with Crippen LogP contribution in [0.15, 0.2) is 33.6 Å². The monoisotopic (exact) mass is 331 g/mol. The van der Waals surface area contributed by atoms with Crippen molar-refractivity contribution in [3.05, 3.63) is 33.6 Å². The number of hydrogen-bond acceptors (Lipinski definition) is 3. The SMILES string of the molecule is Cn1cc(Oc2ncc(Br)cc2Br)cn1. The highest BCUT2D eigenvalue weighted by molar-refractivity contribution is 9.11. The molecule has 15 heavy (non-hydrogen) atoms. The van der Waals surface area contributed by atoms with Crippen LogP contribution in [0.2, 0.25) is 0 Å². The molecule has 0 saturated carbocycles. The minimum absolute atomic E-state index is 0.520. The maximum Gasteiger partial charge on any atom is 0.233 e. The van der Waals surface area contributed by atoms with Crippen molar-refractivity contribution >= 4 is 31.9 Å². The zero-order valence-corrected chi connectivity index (χ0v) is 11.0. The van der Waals surface area contributed by atoms with E-state index in [4.69, 9.17) is 4.74 Å². The molecule has 0 aliphatic carbocycles. The van der Waals surface area contributed by atoms with Crippen molar-refractivity contribution in [2.24, 2.45) is 7.05 Å². The van der Waals surface area contributed by atoms with E-state index < -0.39 is 0 Å². The van der Waals surface area contributed by atoms with Gasteiger partial charge in [0.05, 0.1) is 16.9 Å². The molecular formula is C9H7Br2N3O. The molecule has 0 fully saturated rings. The average molecular weight is 333 g/mol. The molecular weight excluding hydrogens is 326 g/mol. The summed E-state index contributed by atoms with van der Waals surface area (Å²) in [6.07, 6.45) is 5.09. The van der Waals surface area contributed by atoms with Crippen molar-refractivity contribution in [1.82, 2.24) is 14.8 Å². The molecule has 2 heterocycles. The van der Waals surface area contributed by atoms with Gasteiger partial charge in [-0.15, -0.1) is 0 Å². The largest absolute Gasteiger partial charge is 0.435 e. The van der Waals surface area contributed by atoms with Gasteiger partial charge < -0.3 is 4.74 Å². The summed E-state index contributed by atoms with van der Waals surface area (Å²) in [5, 5.41) is 4.00. The number of aromatic nitrogens is 3. The standard InChI is InChI=1S/C9H7Br2N3O/c1-14-5-7(4-13-14)15-9-8(11)2-6(10)3-12-9/h2-5H,1H3. The first-order chi connectivity index (χ1) is 7.15. The molecule has 0 radical (unpaired) electrons. The molecule has 4 nitrogen and oxygen atoms in total. The van der Waals surface area contributed by atoms with E-state index in [1.807, 2.05) is 13.1 Å². The van der Waals surface area contributed by atoms with Gasteiger partial charge in [0.2, 0.25) is 5.88 Å². The van der Waals surface area contributed by atoms with E-state index in [9.17, 15) is 0 Å². The van der Waals surface area contributed by atoms with Gasteiger partial charge in [-0.1, -0.05) is 0 Å². The van der Waals surface area contributed by atoms with Crippen molar-refractivity contribution in [2.75, 3.05) is 0 Å². The van der Waals surface area contributed by atoms with Gasteiger partial charge in [-0.05, 0) is 37.9 Å². The number of hydrogen-bond donors (Lipinski definition) is 0. The summed E-state index contributed by atoms with van der Waals surface area (Å²) >= 11 is 6.69. The number of rotatable bonds is 2. The van der Waals surface area contributed by atoms with Crippen molar-refractivity contribution in [1.29, 1.82) is 0 Å². The molecule has 0 N–H and O–H groups in total. The molecule has 0 spiro atoms. The van der Waals surface area contributed by atoms with Gasteiger partial charge in [-0.2, -0.15) is 5.10 Å².